The number of amides is 1. The molecule has 2 aromatic carbocycles. The lowest BCUT2D eigenvalue weighted by molar-refractivity contribution is -0.139. The summed E-state index contributed by atoms with van der Waals surface area (Å²) in [6.07, 6.45) is -3.83. The fourth-order valence-corrected chi connectivity index (χ4v) is 3.78. The van der Waals surface area contributed by atoms with E-state index in [-0.39, 0.29) is 24.3 Å². The molecule has 27 heavy (non-hydrogen) atoms. The molecule has 0 bridgehead atoms. The Kier molecular flexibility index (Phi) is 3.98. The van der Waals surface area contributed by atoms with Gasteiger partial charge in [0.05, 0.1) is 5.56 Å². The Balaban J connectivity index is 1.52. The monoisotopic (exact) mass is 375 g/mol. The maximum atomic E-state index is 12.9. The summed E-state index contributed by atoms with van der Waals surface area (Å²) >= 11 is 0. The SMILES string of the molecule is O=C(O)C1CN(C(=O)C2CC2c2ccc(C(F)(F)F)cc2)c2ccccc21. The average molecular weight is 375 g/mol. The van der Waals surface area contributed by atoms with Gasteiger partial charge in [-0.15, -0.1) is 0 Å². The lowest BCUT2D eigenvalue weighted by Crippen LogP contribution is -2.32. The number of carbonyl (C=O) groups excluding carboxylic acids is 1. The molecule has 1 aliphatic carbocycles. The minimum atomic E-state index is -4.39. The van der Waals surface area contributed by atoms with Crippen molar-refractivity contribution in [3.05, 3.63) is 65.2 Å². The number of carboxylic acids is 1. The maximum Gasteiger partial charge on any atom is 0.416 e. The highest BCUT2D eigenvalue weighted by Crippen LogP contribution is 2.50. The lowest BCUT2D eigenvalue weighted by atomic mass is 10.0. The Bertz CT molecular complexity index is 907. The number of fused-ring (bicyclic) bond motifs is 1. The third-order valence-corrected chi connectivity index (χ3v) is 5.31. The van der Waals surface area contributed by atoms with Gasteiger partial charge in [0.1, 0.15) is 5.92 Å². The zero-order valence-corrected chi connectivity index (χ0v) is 14.1. The van der Waals surface area contributed by atoms with Gasteiger partial charge in [-0.1, -0.05) is 30.3 Å². The number of carbonyl (C=O) groups is 2. The molecule has 1 aliphatic heterocycles. The van der Waals surface area contributed by atoms with Gasteiger partial charge in [-0.2, -0.15) is 13.2 Å². The predicted octanol–water partition coefficient (Wildman–Crippen LogP) is 4.02. The van der Waals surface area contributed by atoms with Crippen LogP contribution in [0.3, 0.4) is 0 Å². The minimum Gasteiger partial charge on any atom is -0.481 e. The molecule has 4 nitrogen and oxygen atoms in total. The molecule has 3 unspecified atom stereocenters. The molecular formula is C20H16F3NO3. The molecule has 3 atom stereocenters. The molecule has 0 aromatic heterocycles. The van der Waals surface area contributed by atoms with Crippen LogP contribution < -0.4 is 4.90 Å². The molecule has 2 aromatic rings. The van der Waals surface area contributed by atoms with Crippen molar-refractivity contribution in [3.8, 4) is 0 Å². The molecule has 1 N–H and O–H groups in total. The Morgan fingerprint density at radius 3 is 2.33 bits per heavy atom. The smallest absolute Gasteiger partial charge is 0.416 e. The van der Waals surface area contributed by atoms with Crippen LogP contribution in [0.25, 0.3) is 0 Å². The second kappa shape index (κ2) is 6.11. The van der Waals surface area contributed by atoms with Crippen molar-refractivity contribution in [1.82, 2.24) is 0 Å². The molecule has 0 saturated heterocycles. The van der Waals surface area contributed by atoms with Crippen LogP contribution in [-0.4, -0.2) is 23.5 Å². The topological polar surface area (TPSA) is 57.6 Å². The van der Waals surface area contributed by atoms with Crippen molar-refractivity contribution < 1.29 is 27.9 Å². The summed E-state index contributed by atoms with van der Waals surface area (Å²) in [5, 5.41) is 9.41. The number of para-hydroxylation sites is 1. The van der Waals surface area contributed by atoms with Gasteiger partial charge in [-0.25, -0.2) is 0 Å². The number of hydrogen-bond acceptors (Lipinski definition) is 2. The Morgan fingerprint density at radius 1 is 1.04 bits per heavy atom. The highest BCUT2D eigenvalue weighted by molar-refractivity contribution is 6.01. The van der Waals surface area contributed by atoms with Crippen LogP contribution in [0, 0.1) is 5.92 Å². The van der Waals surface area contributed by atoms with E-state index in [2.05, 4.69) is 0 Å². The van der Waals surface area contributed by atoms with Crippen LogP contribution >= 0.6 is 0 Å². The Hall–Kier alpha value is -2.83. The molecular weight excluding hydrogens is 359 g/mol. The predicted molar refractivity (Wildman–Crippen MR) is 91.5 cm³/mol. The minimum absolute atomic E-state index is 0.0870. The van der Waals surface area contributed by atoms with E-state index in [9.17, 15) is 27.9 Å². The first-order valence-electron chi connectivity index (χ1n) is 8.57. The quantitative estimate of drug-likeness (QED) is 0.882. The summed E-state index contributed by atoms with van der Waals surface area (Å²) < 4.78 is 38.0. The van der Waals surface area contributed by atoms with Crippen molar-refractivity contribution in [2.24, 2.45) is 5.92 Å². The van der Waals surface area contributed by atoms with Crippen LogP contribution in [0.1, 0.15) is 34.9 Å². The number of alkyl halides is 3. The number of hydrogen-bond donors (Lipinski definition) is 1. The lowest BCUT2D eigenvalue weighted by Gasteiger charge is -2.17. The van der Waals surface area contributed by atoms with Crippen LogP contribution in [-0.2, 0) is 15.8 Å². The number of benzene rings is 2. The number of carboxylic acid groups (broad SMARTS) is 1. The summed E-state index contributed by atoms with van der Waals surface area (Å²) in [6.45, 7) is 0.0870. The summed E-state index contributed by atoms with van der Waals surface area (Å²) in [5.41, 5.74) is 1.20. The van der Waals surface area contributed by atoms with Crippen molar-refractivity contribution in [3.63, 3.8) is 0 Å². The molecule has 1 amide bonds. The highest BCUT2D eigenvalue weighted by atomic mass is 19.4. The second-order valence-corrected chi connectivity index (χ2v) is 6.97. The van der Waals surface area contributed by atoms with E-state index in [1.807, 2.05) is 0 Å². The first-order chi connectivity index (χ1) is 12.8. The molecule has 0 radical (unpaired) electrons. The fraction of sp³-hybridized carbons (Fsp3) is 0.300. The number of nitrogens with zero attached hydrogens (tertiary/aromatic N) is 1. The number of anilines is 1. The first-order valence-corrected chi connectivity index (χ1v) is 8.57. The van der Waals surface area contributed by atoms with Crippen molar-refractivity contribution >= 4 is 17.6 Å². The van der Waals surface area contributed by atoms with Crippen LogP contribution in [0.4, 0.5) is 18.9 Å². The third kappa shape index (κ3) is 3.07. The summed E-state index contributed by atoms with van der Waals surface area (Å²) in [6, 6.07) is 11.8. The summed E-state index contributed by atoms with van der Waals surface area (Å²) in [4.78, 5) is 25.9. The third-order valence-electron chi connectivity index (χ3n) is 5.31. The Labute approximate surface area is 153 Å². The average Bonchev–Trinajstić information content (AvgIpc) is 3.33. The summed E-state index contributed by atoms with van der Waals surface area (Å²) in [5.74, 6) is -2.37. The number of halogens is 3. The van der Waals surface area contributed by atoms with E-state index < -0.39 is 23.6 Å². The highest BCUT2D eigenvalue weighted by Gasteiger charge is 2.48. The van der Waals surface area contributed by atoms with Gasteiger partial charge in [-0.05, 0) is 41.7 Å². The van der Waals surface area contributed by atoms with Crippen molar-refractivity contribution in [1.29, 1.82) is 0 Å². The van der Waals surface area contributed by atoms with Gasteiger partial charge in [0, 0.05) is 18.2 Å². The van der Waals surface area contributed by atoms with Crippen LogP contribution in [0.5, 0.6) is 0 Å². The fourth-order valence-electron chi connectivity index (χ4n) is 3.78. The first kappa shape index (κ1) is 17.6. The normalized spacial score (nSPS) is 23.8. The molecule has 1 heterocycles. The maximum absolute atomic E-state index is 12.9. The molecule has 4 rings (SSSR count). The van der Waals surface area contributed by atoms with Gasteiger partial charge >= 0.3 is 12.1 Å². The van der Waals surface area contributed by atoms with Crippen molar-refractivity contribution in [2.45, 2.75) is 24.4 Å². The zero-order valence-electron chi connectivity index (χ0n) is 14.1. The van der Waals surface area contributed by atoms with Gasteiger partial charge in [0.25, 0.3) is 0 Å². The van der Waals surface area contributed by atoms with Gasteiger partial charge in [0.15, 0.2) is 0 Å². The van der Waals surface area contributed by atoms with E-state index in [0.29, 0.717) is 23.2 Å². The van der Waals surface area contributed by atoms with E-state index in [4.69, 9.17) is 0 Å². The number of aliphatic carboxylic acids is 1. The van der Waals surface area contributed by atoms with Gasteiger partial charge < -0.3 is 10.0 Å². The standard InChI is InChI=1S/C20H16F3NO3/c21-20(22,23)12-7-5-11(6-8-12)14-9-15(14)18(25)24-10-16(19(26)27)13-3-1-2-4-17(13)24/h1-8,14-16H,9-10H2,(H,26,27). The molecule has 1 saturated carbocycles. The second-order valence-electron chi connectivity index (χ2n) is 6.97. The Morgan fingerprint density at radius 2 is 1.70 bits per heavy atom. The van der Waals surface area contributed by atoms with Gasteiger partial charge in [0.2, 0.25) is 5.91 Å². The van der Waals surface area contributed by atoms with E-state index >= 15 is 0 Å². The molecule has 7 heteroatoms. The molecule has 1 fully saturated rings. The van der Waals surface area contributed by atoms with Crippen LogP contribution in [0.2, 0.25) is 0 Å². The molecule has 2 aliphatic rings. The van der Waals surface area contributed by atoms with Crippen molar-refractivity contribution in [2.75, 3.05) is 11.4 Å². The van der Waals surface area contributed by atoms with E-state index in [1.54, 1.807) is 24.3 Å². The van der Waals surface area contributed by atoms with E-state index in [1.165, 1.54) is 17.0 Å². The zero-order chi connectivity index (χ0) is 19.3. The van der Waals surface area contributed by atoms with Gasteiger partial charge in [-0.3, -0.25) is 9.59 Å². The van der Waals surface area contributed by atoms with Crippen LogP contribution in [0.15, 0.2) is 48.5 Å². The summed E-state index contributed by atoms with van der Waals surface area (Å²) in [7, 11) is 0. The van der Waals surface area contributed by atoms with E-state index in [0.717, 1.165) is 12.1 Å². The largest absolute Gasteiger partial charge is 0.481 e. The molecule has 140 valence electrons. The molecule has 0 spiro atoms. The number of rotatable bonds is 3.